The molecule has 7 nitrogen and oxygen atoms in total. The standard InChI is InChI=1S/C20H24N4O3.2ClH/c21-19(25)14-24(13-15-5-2-1-3-6-15)17-8-4-7-16(11-17)23-20(26)18-12-22-9-10-27-18;;/h1-8,11,18,22H,9-10,12-14H2,(H2,21,25)(H,23,26);2*1H. The molecule has 2 amide bonds. The molecule has 1 fully saturated rings. The van der Waals surface area contributed by atoms with Crippen LogP contribution in [0.25, 0.3) is 0 Å². The predicted octanol–water partition coefficient (Wildman–Crippen LogP) is 1.95. The van der Waals surface area contributed by atoms with E-state index in [0.717, 1.165) is 17.8 Å². The molecule has 9 heteroatoms. The summed E-state index contributed by atoms with van der Waals surface area (Å²) in [6, 6.07) is 17.2. The van der Waals surface area contributed by atoms with Crippen LogP contribution in [0, 0.1) is 0 Å². The minimum Gasteiger partial charge on any atom is -0.368 e. The van der Waals surface area contributed by atoms with Crippen LogP contribution in [0.2, 0.25) is 0 Å². The molecule has 0 aromatic heterocycles. The number of nitrogens with two attached hydrogens (primary N) is 1. The Balaban J connectivity index is 0.00000210. The number of primary amides is 1. The lowest BCUT2D eigenvalue weighted by atomic mass is 10.2. The van der Waals surface area contributed by atoms with Gasteiger partial charge in [0.25, 0.3) is 5.91 Å². The SMILES string of the molecule is Cl.Cl.NC(=O)CN(Cc1ccccc1)c1cccc(NC(=O)C2CNCCO2)c1. The van der Waals surface area contributed by atoms with Crippen molar-refractivity contribution in [2.45, 2.75) is 12.6 Å². The van der Waals surface area contributed by atoms with E-state index in [4.69, 9.17) is 10.5 Å². The number of rotatable bonds is 7. The third-order valence-corrected chi connectivity index (χ3v) is 4.26. The van der Waals surface area contributed by atoms with Gasteiger partial charge in [-0.05, 0) is 23.8 Å². The Labute approximate surface area is 182 Å². The number of ether oxygens (including phenoxy) is 1. The molecular formula is C20H26Cl2N4O3. The molecule has 1 atom stereocenters. The van der Waals surface area contributed by atoms with Gasteiger partial charge in [-0.25, -0.2) is 0 Å². The summed E-state index contributed by atoms with van der Waals surface area (Å²) in [6.45, 7) is 2.38. The zero-order valence-corrected chi connectivity index (χ0v) is 17.5. The zero-order valence-electron chi connectivity index (χ0n) is 15.9. The summed E-state index contributed by atoms with van der Waals surface area (Å²) in [4.78, 5) is 25.8. The third kappa shape index (κ3) is 7.55. The molecule has 0 bridgehead atoms. The van der Waals surface area contributed by atoms with Crippen molar-refractivity contribution in [1.82, 2.24) is 5.32 Å². The second-order valence-electron chi connectivity index (χ2n) is 6.41. The molecule has 1 saturated heterocycles. The summed E-state index contributed by atoms with van der Waals surface area (Å²) in [5.74, 6) is -0.606. The molecule has 2 aromatic carbocycles. The fraction of sp³-hybridized carbons (Fsp3) is 0.300. The van der Waals surface area contributed by atoms with Crippen LogP contribution in [-0.2, 0) is 20.9 Å². The van der Waals surface area contributed by atoms with Gasteiger partial charge in [-0.15, -0.1) is 24.8 Å². The van der Waals surface area contributed by atoms with Crippen LogP contribution in [0.4, 0.5) is 11.4 Å². The Hall–Kier alpha value is -2.32. The number of benzene rings is 2. The normalized spacial score (nSPS) is 15.4. The largest absolute Gasteiger partial charge is 0.368 e. The molecule has 1 aliphatic rings. The molecule has 2 aromatic rings. The van der Waals surface area contributed by atoms with Crippen molar-refractivity contribution in [2.75, 3.05) is 36.5 Å². The summed E-state index contributed by atoms with van der Waals surface area (Å²) in [5.41, 5.74) is 7.94. The number of carbonyl (C=O) groups is 2. The van der Waals surface area contributed by atoms with E-state index in [1.165, 1.54) is 0 Å². The smallest absolute Gasteiger partial charge is 0.254 e. The highest BCUT2D eigenvalue weighted by Gasteiger charge is 2.22. The predicted molar refractivity (Wildman–Crippen MR) is 119 cm³/mol. The first-order valence-corrected chi connectivity index (χ1v) is 8.92. The van der Waals surface area contributed by atoms with Gasteiger partial charge in [-0.3, -0.25) is 9.59 Å². The Bertz CT molecular complexity index is 786. The van der Waals surface area contributed by atoms with E-state index in [1.807, 2.05) is 59.5 Å². The van der Waals surface area contributed by atoms with Crippen molar-refractivity contribution in [3.63, 3.8) is 0 Å². The number of amides is 2. The lowest BCUT2D eigenvalue weighted by Gasteiger charge is -2.25. The molecule has 29 heavy (non-hydrogen) atoms. The highest BCUT2D eigenvalue weighted by molar-refractivity contribution is 5.95. The number of morpholine rings is 1. The van der Waals surface area contributed by atoms with Crippen molar-refractivity contribution in [2.24, 2.45) is 5.73 Å². The number of hydrogen-bond acceptors (Lipinski definition) is 5. The van der Waals surface area contributed by atoms with E-state index in [9.17, 15) is 9.59 Å². The fourth-order valence-corrected chi connectivity index (χ4v) is 2.97. The quantitative estimate of drug-likeness (QED) is 0.611. The van der Waals surface area contributed by atoms with Crippen molar-refractivity contribution < 1.29 is 14.3 Å². The molecule has 0 spiro atoms. The van der Waals surface area contributed by atoms with Crippen molar-refractivity contribution in [3.8, 4) is 0 Å². The van der Waals surface area contributed by atoms with Gasteiger partial charge in [0.15, 0.2) is 0 Å². The highest BCUT2D eigenvalue weighted by atomic mass is 35.5. The van der Waals surface area contributed by atoms with Gasteiger partial charge in [0.05, 0.1) is 13.2 Å². The molecule has 1 heterocycles. The number of halogens is 2. The average molecular weight is 441 g/mol. The molecule has 4 N–H and O–H groups in total. The Morgan fingerprint density at radius 3 is 2.55 bits per heavy atom. The van der Waals surface area contributed by atoms with Crippen LogP contribution in [0.15, 0.2) is 54.6 Å². The van der Waals surface area contributed by atoms with Gasteiger partial charge in [0.2, 0.25) is 5.91 Å². The maximum absolute atomic E-state index is 12.4. The van der Waals surface area contributed by atoms with E-state index in [-0.39, 0.29) is 37.3 Å². The first kappa shape index (κ1) is 24.7. The molecule has 3 rings (SSSR count). The summed E-state index contributed by atoms with van der Waals surface area (Å²) in [6.07, 6.45) is -0.506. The van der Waals surface area contributed by atoms with Crippen LogP contribution >= 0.6 is 24.8 Å². The minimum atomic E-state index is -0.506. The minimum absolute atomic E-state index is 0. The van der Waals surface area contributed by atoms with Crippen LogP contribution in [-0.4, -0.2) is 44.2 Å². The summed E-state index contributed by atoms with van der Waals surface area (Å²) in [5, 5.41) is 6.01. The van der Waals surface area contributed by atoms with E-state index in [0.29, 0.717) is 25.4 Å². The second-order valence-corrected chi connectivity index (χ2v) is 6.41. The van der Waals surface area contributed by atoms with E-state index < -0.39 is 12.0 Å². The second kappa shape index (κ2) is 12.3. The summed E-state index contributed by atoms with van der Waals surface area (Å²) in [7, 11) is 0. The lowest BCUT2D eigenvalue weighted by Crippen LogP contribution is -2.45. The van der Waals surface area contributed by atoms with E-state index in [1.54, 1.807) is 0 Å². The number of hydrogen-bond donors (Lipinski definition) is 3. The van der Waals surface area contributed by atoms with Gasteiger partial charge in [-0.1, -0.05) is 36.4 Å². The topological polar surface area (TPSA) is 96.7 Å². The Morgan fingerprint density at radius 2 is 1.90 bits per heavy atom. The van der Waals surface area contributed by atoms with E-state index >= 15 is 0 Å². The van der Waals surface area contributed by atoms with Gasteiger partial charge >= 0.3 is 0 Å². The van der Waals surface area contributed by atoms with E-state index in [2.05, 4.69) is 10.6 Å². The van der Waals surface area contributed by atoms with Crippen LogP contribution in [0.3, 0.4) is 0 Å². The molecule has 0 aliphatic carbocycles. The first-order valence-electron chi connectivity index (χ1n) is 8.92. The monoisotopic (exact) mass is 440 g/mol. The average Bonchev–Trinajstić information content (AvgIpc) is 2.69. The summed E-state index contributed by atoms with van der Waals surface area (Å²) < 4.78 is 5.48. The van der Waals surface area contributed by atoms with Gasteiger partial charge in [0.1, 0.15) is 6.10 Å². The van der Waals surface area contributed by atoms with Crippen molar-refractivity contribution in [3.05, 3.63) is 60.2 Å². The first-order chi connectivity index (χ1) is 13.1. The highest BCUT2D eigenvalue weighted by Crippen LogP contribution is 2.22. The molecular weight excluding hydrogens is 415 g/mol. The third-order valence-electron chi connectivity index (χ3n) is 4.26. The number of nitrogens with one attached hydrogen (secondary N) is 2. The molecule has 0 radical (unpaired) electrons. The van der Waals surface area contributed by atoms with Crippen LogP contribution in [0.5, 0.6) is 0 Å². The van der Waals surface area contributed by atoms with Gasteiger partial charge in [-0.2, -0.15) is 0 Å². The van der Waals surface area contributed by atoms with Gasteiger partial charge in [0, 0.05) is 31.0 Å². The Morgan fingerprint density at radius 1 is 1.14 bits per heavy atom. The molecule has 1 unspecified atom stereocenters. The number of nitrogens with zero attached hydrogens (tertiary/aromatic N) is 1. The fourth-order valence-electron chi connectivity index (χ4n) is 2.97. The molecule has 1 aliphatic heterocycles. The van der Waals surface area contributed by atoms with Gasteiger partial charge < -0.3 is 26.0 Å². The van der Waals surface area contributed by atoms with Crippen LogP contribution in [0.1, 0.15) is 5.56 Å². The zero-order chi connectivity index (χ0) is 19.1. The summed E-state index contributed by atoms with van der Waals surface area (Å²) >= 11 is 0. The lowest BCUT2D eigenvalue weighted by molar-refractivity contribution is -0.128. The molecule has 158 valence electrons. The maximum atomic E-state index is 12.4. The Kier molecular flexibility index (Phi) is 10.5. The van der Waals surface area contributed by atoms with Crippen LogP contribution < -0.4 is 21.3 Å². The maximum Gasteiger partial charge on any atom is 0.254 e. The molecule has 0 saturated carbocycles. The number of anilines is 2. The van der Waals surface area contributed by atoms with Crippen molar-refractivity contribution >= 4 is 48.0 Å². The van der Waals surface area contributed by atoms with Crippen molar-refractivity contribution in [1.29, 1.82) is 0 Å². The number of carbonyl (C=O) groups excluding carboxylic acids is 2.